The summed E-state index contributed by atoms with van der Waals surface area (Å²) in [5, 5.41) is 0. The maximum absolute atomic E-state index is 2.25. The van der Waals surface area contributed by atoms with E-state index in [9.17, 15) is 0 Å². The molecule has 0 aromatic heterocycles. The van der Waals surface area contributed by atoms with Crippen molar-refractivity contribution in [2.24, 2.45) is 0 Å². The summed E-state index contributed by atoms with van der Waals surface area (Å²) < 4.78 is 0. The highest BCUT2D eigenvalue weighted by atomic mass is 14.1. The monoisotopic (exact) mass is 248 g/mol. The van der Waals surface area contributed by atoms with Gasteiger partial charge in [0.15, 0.2) is 0 Å². The van der Waals surface area contributed by atoms with E-state index < -0.39 is 0 Å². The molecule has 2 aromatic carbocycles. The molecule has 0 N–H and O–H groups in total. The fourth-order valence-corrected chi connectivity index (χ4v) is 2.16. The molecule has 2 aromatic rings. The molecule has 2 rings (SSSR count). The summed E-state index contributed by atoms with van der Waals surface area (Å²) >= 11 is 0. The van der Waals surface area contributed by atoms with E-state index in [1.807, 2.05) is 6.92 Å². The van der Waals surface area contributed by atoms with Crippen LogP contribution in [0.1, 0.15) is 25.0 Å². The Bertz CT molecular complexity index is 598. The van der Waals surface area contributed by atoms with Gasteiger partial charge in [0.2, 0.25) is 0 Å². The Morgan fingerprint density at radius 1 is 0.895 bits per heavy atom. The van der Waals surface area contributed by atoms with Crippen LogP contribution in [0.3, 0.4) is 0 Å². The van der Waals surface area contributed by atoms with Crippen LogP contribution in [-0.4, -0.2) is 0 Å². The predicted molar refractivity (Wildman–Crippen MR) is 85.1 cm³/mol. The molecule has 0 fully saturated rings. The summed E-state index contributed by atoms with van der Waals surface area (Å²) in [5.41, 5.74) is 6.35. The van der Waals surface area contributed by atoms with Crippen molar-refractivity contribution in [3.63, 3.8) is 0 Å². The second-order valence-electron chi connectivity index (χ2n) is 4.69. The minimum Gasteiger partial charge on any atom is -0.0871 e. The summed E-state index contributed by atoms with van der Waals surface area (Å²) in [4.78, 5) is 0. The van der Waals surface area contributed by atoms with Crippen LogP contribution in [0.25, 0.3) is 16.7 Å². The molecule has 0 aliphatic rings. The molecule has 0 radical (unpaired) electrons. The first kappa shape index (κ1) is 13.4. The third-order valence-corrected chi connectivity index (χ3v) is 3.24. The normalized spacial score (nSPS) is 12.1. The van der Waals surface area contributed by atoms with E-state index in [1.54, 1.807) is 0 Å². The molecule has 0 heteroatoms. The molecule has 0 saturated carbocycles. The number of hydrogen-bond donors (Lipinski definition) is 0. The summed E-state index contributed by atoms with van der Waals surface area (Å²) in [7, 11) is 0. The molecular weight excluding hydrogens is 228 g/mol. The van der Waals surface area contributed by atoms with Crippen molar-refractivity contribution in [2.75, 3.05) is 0 Å². The molecule has 0 atom stereocenters. The van der Waals surface area contributed by atoms with Crippen LogP contribution in [0, 0.1) is 6.92 Å². The molecule has 0 spiro atoms. The van der Waals surface area contributed by atoms with Crippen LogP contribution in [0.4, 0.5) is 0 Å². The molecule has 19 heavy (non-hydrogen) atoms. The third-order valence-electron chi connectivity index (χ3n) is 3.24. The van der Waals surface area contributed by atoms with Gasteiger partial charge < -0.3 is 0 Å². The predicted octanol–water partition coefficient (Wildman–Crippen LogP) is 5.64. The van der Waals surface area contributed by atoms with Gasteiger partial charge in [0.05, 0.1) is 0 Å². The highest BCUT2D eigenvalue weighted by Gasteiger charge is 2.01. The largest absolute Gasteiger partial charge is 0.0871 e. The second-order valence-corrected chi connectivity index (χ2v) is 4.69. The fourth-order valence-electron chi connectivity index (χ4n) is 2.16. The lowest BCUT2D eigenvalue weighted by Crippen LogP contribution is -1.84. The van der Waals surface area contributed by atoms with E-state index in [-0.39, 0.29) is 0 Å². The number of allylic oxidation sites excluding steroid dienone is 4. The van der Waals surface area contributed by atoms with E-state index >= 15 is 0 Å². The van der Waals surface area contributed by atoms with Gasteiger partial charge in [-0.25, -0.2) is 0 Å². The van der Waals surface area contributed by atoms with E-state index in [4.69, 9.17) is 0 Å². The second kappa shape index (κ2) is 6.19. The number of aryl methyl sites for hydroxylation is 1. The molecule has 0 unspecified atom stereocenters. The average Bonchev–Trinajstić information content (AvgIpc) is 2.45. The Hall–Kier alpha value is -2.08. The lowest BCUT2D eigenvalue weighted by molar-refractivity contribution is 1.46. The molecule has 0 nitrogen and oxygen atoms in total. The Labute approximate surface area is 116 Å². The van der Waals surface area contributed by atoms with Gasteiger partial charge >= 0.3 is 0 Å². The van der Waals surface area contributed by atoms with Crippen LogP contribution in [0.15, 0.2) is 66.8 Å². The Balaban J connectivity index is 2.42. The van der Waals surface area contributed by atoms with Crippen LogP contribution >= 0.6 is 0 Å². The van der Waals surface area contributed by atoms with Gasteiger partial charge in [0.1, 0.15) is 0 Å². The van der Waals surface area contributed by atoms with Crippen molar-refractivity contribution < 1.29 is 0 Å². The van der Waals surface area contributed by atoms with Gasteiger partial charge in [-0.2, -0.15) is 0 Å². The van der Waals surface area contributed by atoms with Gasteiger partial charge in [0, 0.05) is 0 Å². The minimum atomic E-state index is 1.26. The summed E-state index contributed by atoms with van der Waals surface area (Å²) in [6.45, 7) is 6.24. The highest BCUT2D eigenvalue weighted by molar-refractivity contribution is 5.77. The smallest absolute Gasteiger partial charge is 0.0178 e. The lowest BCUT2D eigenvalue weighted by atomic mass is 9.98. The minimum absolute atomic E-state index is 1.26. The van der Waals surface area contributed by atoms with Crippen LogP contribution in [-0.2, 0) is 0 Å². The number of hydrogen-bond acceptors (Lipinski definition) is 0. The SMILES string of the molecule is C/C=C\C(=C/C)c1cccc(-c2ccc(C)cc2)c1. The van der Waals surface area contributed by atoms with Gasteiger partial charge in [0.25, 0.3) is 0 Å². The first-order chi connectivity index (χ1) is 9.24. The van der Waals surface area contributed by atoms with Crippen molar-refractivity contribution in [1.29, 1.82) is 0 Å². The van der Waals surface area contributed by atoms with E-state index in [1.165, 1.54) is 27.8 Å². The number of rotatable bonds is 3. The third kappa shape index (κ3) is 3.23. The maximum atomic E-state index is 2.25. The zero-order chi connectivity index (χ0) is 13.7. The topological polar surface area (TPSA) is 0 Å². The van der Waals surface area contributed by atoms with Crippen molar-refractivity contribution in [2.45, 2.75) is 20.8 Å². The van der Waals surface area contributed by atoms with Crippen LogP contribution in [0.5, 0.6) is 0 Å². The van der Waals surface area contributed by atoms with Gasteiger partial charge in [-0.05, 0) is 49.1 Å². The Kier molecular flexibility index (Phi) is 4.35. The molecule has 0 heterocycles. The summed E-state index contributed by atoms with van der Waals surface area (Å²) in [6.07, 6.45) is 6.37. The molecule has 0 saturated heterocycles. The van der Waals surface area contributed by atoms with Gasteiger partial charge in [-0.1, -0.05) is 66.3 Å². The summed E-state index contributed by atoms with van der Waals surface area (Å²) in [5.74, 6) is 0. The molecule has 0 bridgehead atoms. The van der Waals surface area contributed by atoms with Crippen LogP contribution in [0.2, 0.25) is 0 Å². The number of benzene rings is 2. The van der Waals surface area contributed by atoms with E-state index in [0.717, 1.165) is 0 Å². The zero-order valence-electron chi connectivity index (χ0n) is 11.9. The fraction of sp³-hybridized carbons (Fsp3) is 0.158. The molecule has 0 amide bonds. The first-order valence-electron chi connectivity index (χ1n) is 6.71. The van der Waals surface area contributed by atoms with E-state index in [0.29, 0.717) is 0 Å². The lowest BCUT2D eigenvalue weighted by Gasteiger charge is -2.07. The molecule has 96 valence electrons. The zero-order valence-corrected chi connectivity index (χ0v) is 11.9. The van der Waals surface area contributed by atoms with Crippen molar-refractivity contribution in [3.05, 3.63) is 77.9 Å². The van der Waals surface area contributed by atoms with Crippen LogP contribution < -0.4 is 0 Å². The van der Waals surface area contributed by atoms with Crippen molar-refractivity contribution >= 4 is 5.57 Å². The standard InChI is InChI=1S/C19H20/c1-4-7-16(5-2)18-8-6-9-19(14-18)17-12-10-15(3)11-13-17/h4-14H,1-3H3/b7-4-,16-5+. The average molecular weight is 248 g/mol. The molecule has 0 aliphatic heterocycles. The van der Waals surface area contributed by atoms with Gasteiger partial charge in [-0.3, -0.25) is 0 Å². The Morgan fingerprint density at radius 3 is 2.26 bits per heavy atom. The van der Waals surface area contributed by atoms with E-state index in [2.05, 4.69) is 80.6 Å². The highest BCUT2D eigenvalue weighted by Crippen LogP contribution is 2.24. The molecule has 0 aliphatic carbocycles. The van der Waals surface area contributed by atoms with Crippen molar-refractivity contribution in [3.8, 4) is 11.1 Å². The molecular formula is C19H20. The summed E-state index contributed by atoms with van der Waals surface area (Å²) in [6, 6.07) is 17.4. The Morgan fingerprint density at radius 2 is 1.63 bits per heavy atom. The van der Waals surface area contributed by atoms with Crippen molar-refractivity contribution in [1.82, 2.24) is 0 Å². The van der Waals surface area contributed by atoms with Gasteiger partial charge in [-0.15, -0.1) is 0 Å². The first-order valence-corrected chi connectivity index (χ1v) is 6.71. The quantitative estimate of drug-likeness (QED) is 0.616. The maximum Gasteiger partial charge on any atom is -0.0178 e.